The second-order valence-electron chi connectivity index (χ2n) is 7.76. The maximum atomic E-state index is 12.0. The summed E-state index contributed by atoms with van der Waals surface area (Å²) in [4.78, 5) is 28.5. The van der Waals surface area contributed by atoms with Crippen molar-refractivity contribution in [1.29, 1.82) is 0 Å². The number of anilines is 2. The van der Waals surface area contributed by atoms with E-state index in [4.69, 9.17) is 4.74 Å². The number of carbonyl (C=O) groups is 2. The molecule has 2 aromatic rings. The van der Waals surface area contributed by atoms with Crippen molar-refractivity contribution in [2.75, 3.05) is 43.0 Å². The molecular formula is C24H31N3O3. The van der Waals surface area contributed by atoms with Gasteiger partial charge in [-0.2, -0.15) is 0 Å². The van der Waals surface area contributed by atoms with Gasteiger partial charge in [0.05, 0.1) is 5.92 Å². The lowest BCUT2D eigenvalue weighted by molar-refractivity contribution is -0.151. The Morgan fingerprint density at radius 1 is 1.00 bits per heavy atom. The number of hydrogen-bond donors (Lipinski definition) is 1. The third-order valence-corrected chi connectivity index (χ3v) is 5.50. The molecule has 1 fully saturated rings. The summed E-state index contributed by atoms with van der Waals surface area (Å²) in [6.07, 6.45) is 0.697. The van der Waals surface area contributed by atoms with Crippen molar-refractivity contribution in [3.05, 3.63) is 60.2 Å². The lowest BCUT2D eigenvalue weighted by atomic mass is 10.1. The van der Waals surface area contributed by atoms with E-state index in [9.17, 15) is 9.59 Å². The molecule has 0 radical (unpaired) electrons. The van der Waals surface area contributed by atoms with E-state index < -0.39 is 0 Å². The Bertz CT molecular complexity index is 815. The van der Waals surface area contributed by atoms with Gasteiger partial charge < -0.3 is 15.0 Å². The molecule has 0 saturated carbocycles. The maximum Gasteiger partial charge on any atom is 0.309 e. The zero-order valence-electron chi connectivity index (χ0n) is 17.8. The van der Waals surface area contributed by atoms with E-state index in [0.29, 0.717) is 12.1 Å². The largest absolute Gasteiger partial charge is 0.455 e. The molecule has 1 N–H and O–H groups in total. The van der Waals surface area contributed by atoms with Crippen LogP contribution < -0.4 is 10.2 Å². The summed E-state index contributed by atoms with van der Waals surface area (Å²) >= 11 is 0. The van der Waals surface area contributed by atoms with Crippen molar-refractivity contribution < 1.29 is 14.3 Å². The van der Waals surface area contributed by atoms with Crippen molar-refractivity contribution in [3.63, 3.8) is 0 Å². The summed E-state index contributed by atoms with van der Waals surface area (Å²) in [7, 11) is 0. The Morgan fingerprint density at radius 2 is 1.67 bits per heavy atom. The molecule has 1 amide bonds. The zero-order chi connectivity index (χ0) is 21.3. The number of nitrogens with one attached hydrogen (secondary N) is 1. The lowest BCUT2D eigenvalue weighted by Gasteiger charge is -2.36. The summed E-state index contributed by atoms with van der Waals surface area (Å²) in [5.41, 5.74) is 3.20. The van der Waals surface area contributed by atoms with Crippen LogP contribution in [0.25, 0.3) is 0 Å². The topological polar surface area (TPSA) is 61.9 Å². The van der Waals surface area contributed by atoms with Crippen LogP contribution in [-0.4, -0.2) is 49.6 Å². The molecule has 1 aliphatic rings. The van der Waals surface area contributed by atoms with Gasteiger partial charge in [-0.3, -0.25) is 14.5 Å². The molecule has 0 bridgehead atoms. The average molecular weight is 410 g/mol. The third kappa shape index (κ3) is 6.32. The number of hydrogen-bond acceptors (Lipinski definition) is 5. The molecule has 30 heavy (non-hydrogen) atoms. The molecule has 1 aliphatic heterocycles. The summed E-state index contributed by atoms with van der Waals surface area (Å²) in [5, 5.41) is 2.78. The lowest BCUT2D eigenvalue weighted by Crippen LogP contribution is -2.45. The number of amides is 1. The fraction of sp³-hybridized carbons (Fsp3) is 0.417. The molecule has 160 valence electrons. The van der Waals surface area contributed by atoms with E-state index in [1.54, 1.807) is 6.92 Å². The van der Waals surface area contributed by atoms with Crippen LogP contribution in [0, 0.1) is 5.92 Å². The van der Waals surface area contributed by atoms with Crippen molar-refractivity contribution in [2.24, 2.45) is 5.92 Å². The average Bonchev–Trinajstić information content (AvgIpc) is 2.78. The SMILES string of the molecule is CCC(C)C(=O)OCC(=O)Nc1ccc(N2CCN(Cc3ccccc3)CC2)cc1. The van der Waals surface area contributed by atoms with Crippen LogP contribution in [0.3, 0.4) is 0 Å². The molecule has 1 saturated heterocycles. The van der Waals surface area contributed by atoms with Crippen molar-refractivity contribution in [1.82, 2.24) is 4.90 Å². The predicted octanol–water partition coefficient (Wildman–Crippen LogP) is 3.54. The first-order valence-corrected chi connectivity index (χ1v) is 10.6. The van der Waals surface area contributed by atoms with Gasteiger partial charge in [0.2, 0.25) is 0 Å². The van der Waals surface area contributed by atoms with Gasteiger partial charge in [-0.1, -0.05) is 44.2 Å². The third-order valence-electron chi connectivity index (χ3n) is 5.50. The van der Waals surface area contributed by atoms with Gasteiger partial charge in [0.1, 0.15) is 0 Å². The number of rotatable bonds is 8. The van der Waals surface area contributed by atoms with Crippen LogP contribution in [0.1, 0.15) is 25.8 Å². The number of carbonyl (C=O) groups excluding carboxylic acids is 2. The fourth-order valence-electron chi connectivity index (χ4n) is 3.40. The number of nitrogens with zero attached hydrogens (tertiary/aromatic N) is 2. The normalized spacial score (nSPS) is 15.5. The first-order valence-electron chi connectivity index (χ1n) is 10.6. The smallest absolute Gasteiger partial charge is 0.309 e. The van der Waals surface area contributed by atoms with E-state index in [2.05, 4.69) is 39.4 Å². The van der Waals surface area contributed by atoms with Crippen molar-refractivity contribution >= 4 is 23.3 Å². The zero-order valence-corrected chi connectivity index (χ0v) is 17.8. The first-order chi connectivity index (χ1) is 14.5. The molecule has 1 heterocycles. The minimum absolute atomic E-state index is 0.190. The summed E-state index contributed by atoms with van der Waals surface area (Å²) in [5.74, 6) is -0.853. The van der Waals surface area contributed by atoms with Crippen LogP contribution in [0.2, 0.25) is 0 Å². The number of esters is 1. The predicted molar refractivity (Wildman–Crippen MR) is 119 cm³/mol. The summed E-state index contributed by atoms with van der Waals surface area (Å²) < 4.78 is 5.04. The molecule has 0 aliphatic carbocycles. The number of ether oxygens (including phenoxy) is 1. The highest BCUT2D eigenvalue weighted by molar-refractivity contribution is 5.93. The molecule has 0 spiro atoms. The monoisotopic (exact) mass is 409 g/mol. The molecular weight excluding hydrogens is 378 g/mol. The van der Waals surface area contributed by atoms with Gasteiger partial charge in [-0.05, 0) is 36.2 Å². The van der Waals surface area contributed by atoms with E-state index in [1.165, 1.54) is 5.56 Å². The highest BCUT2D eigenvalue weighted by Crippen LogP contribution is 2.20. The van der Waals surface area contributed by atoms with Gasteiger partial charge in [-0.25, -0.2) is 0 Å². The van der Waals surface area contributed by atoms with Gasteiger partial charge >= 0.3 is 5.97 Å². The van der Waals surface area contributed by atoms with Gasteiger partial charge in [0.15, 0.2) is 6.61 Å². The Hall–Kier alpha value is -2.86. The fourth-order valence-corrected chi connectivity index (χ4v) is 3.40. The minimum atomic E-state index is -0.339. The van der Waals surface area contributed by atoms with Gasteiger partial charge in [-0.15, -0.1) is 0 Å². The van der Waals surface area contributed by atoms with Crippen molar-refractivity contribution in [3.8, 4) is 0 Å². The molecule has 0 aromatic heterocycles. The highest BCUT2D eigenvalue weighted by Gasteiger charge is 2.18. The Morgan fingerprint density at radius 3 is 2.30 bits per heavy atom. The Labute approximate surface area is 178 Å². The van der Waals surface area contributed by atoms with E-state index in [-0.39, 0.29) is 24.4 Å². The van der Waals surface area contributed by atoms with Crippen molar-refractivity contribution in [2.45, 2.75) is 26.8 Å². The van der Waals surface area contributed by atoms with Gasteiger partial charge in [0, 0.05) is 44.1 Å². The molecule has 1 unspecified atom stereocenters. The Balaban J connectivity index is 1.43. The number of piperazine rings is 1. The van der Waals surface area contributed by atoms with E-state index >= 15 is 0 Å². The first kappa shape index (κ1) is 21.8. The summed E-state index contributed by atoms with van der Waals surface area (Å²) in [6, 6.07) is 18.4. The van der Waals surface area contributed by atoms with Crippen LogP contribution in [-0.2, 0) is 20.9 Å². The molecule has 2 aromatic carbocycles. The van der Waals surface area contributed by atoms with E-state index in [0.717, 1.165) is 38.4 Å². The molecule has 3 rings (SSSR count). The molecule has 6 heteroatoms. The Kier molecular flexibility index (Phi) is 7.85. The molecule has 6 nitrogen and oxygen atoms in total. The standard InChI is InChI=1S/C24H31N3O3/c1-3-19(2)24(29)30-18-23(28)25-21-9-11-22(12-10-21)27-15-13-26(14-16-27)17-20-7-5-4-6-8-20/h4-12,19H,3,13-18H2,1-2H3,(H,25,28). The van der Waals surface area contributed by atoms with Crippen LogP contribution in [0.15, 0.2) is 54.6 Å². The van der Waals surface area contributed by atoms with Crippen LogP contribution in [0.4, 0.5) is 11.4 Å². The van der Waals surface area contributed by atoms with Gasteiger partial charge in [0.25, 0.3) is 5.91 Å². The minimum Gasteiger partial charge on any atom is -0.455 e. The second kappa shape index (κ2) is 10.8. The van der Waals surface area contributed by atoms with Crippen LogP contribution in [0.5, 0.6) is 0 Å². The highest BCUT2D eigenvalue weighted by atomic mass is 16.5. The second-order valence-corrected chi connectivity index (χ2v) is 7.76. The quantitative estimate of drug-likeness (QED) is 0.676. The van der Waals surface area contributed by atoms with Crippen LogP contribution >= 0.6 is 0 Å². The summed E-state index contributed by atoms with van der Waals surface area (Å²) in [6.45, 7) is 8.44. The van der Waals surface area contributed by atoms with E-state index in [1.807, 2.05) is 37.3 Å². The number of benzene rings is 2. The maximum absolute atomic E-state index is 12.0. The molecule has 1 atom stereocenters.